The average molecular weight is 902 g/mol. The molecule has 0 bridgehead atoms. The third-order valence-electron chi connectivity index (χ3n) is 10.4. The number of amides is 1. The molecule has 1 saturated heterocycles. The van der Waals surface area contributed by atoms with Crippen molar-refractivity contribution in [1.29, 1.82) is 0 Å². The molecule has 6 atom stereocenters. The maximum Gasteiger partial charge on any atom is 0.475 e. The number of rotatable bonds is 25. The lowest BCUT2D eigenvalue weighted by Gasteiger charge is -2.46. The third kappa shape index (κ3) is 15.9. The van der Waals surface area contributed by atoms with E-state index < -0.39 is 44.6 Å². The highest BCUT2D eigenvalue weighted by atomic mass is 31.2. The van der Waals surface area contributed by atoms with Gasteiger partial charge in [-0.25, -0.2) is 9.36 Å². The lowest BCUT2D eigenvalue weighted by molar-refractivity contribution is -0.328. The maximum atomic E-state index is 14.6. The number of benzene rings is 6. The van der Waals surface area contributed by atoms with E-state index in [4.69, 9.17) is 42.0 Å². The van der Waals surface area contributed by atoms with Crippen LogP contribution in [0.2, 0.25) is 0 Å². The van der Waals surface area contributed by atoms with Gasteiger partial charge in [0.1, 0.15) is 31.0 Å². The molecule has 6 aromatic carbocycles. The number of hydrogen-bond donors (Lipinski definition) is 1. The Bertz CT molecular complexity index is 2280. The predicted octanol–water partition coefficient (Wildman–Crippen LogP) is 10.4. The van der Waals surface area contributed by atoms with Crippen LogP contribution in [-0.4, -0.2) is 56.6 Å². The largest absolute Gasteiger partial charge is 0.475 e. The number of carbonyl (C=O) groups is 1. The summed E-state index contributed by atoms with van der Waals surface area (Å²) in [4.78, 5) is 12.4. The zero-order valence-corrected chi connectivity index (χ0v) is 37.1. The molecule has 13 heteroatoms. The zero-order chi connectivity index (χ0) is 44.8. The summed E-state index contributed by atoms with van der Waals surface area (Å²) in [7, 11) is -4.30. The van der Waals surface area contributed by atoms with Crippen LogP contribution in [0.5, 0.6) is 0 Å². The van der Waals surface area contributed by atoms with E-state index in [9.17, 15) is 9.36 Å². The van der Waals surface area contributed by atoms with Crippen LogP contribution >= 0.6 is 7.82 Å². The van der Waals surface area contributed by atoms with Crippen LogP contribution < -0.4 is 5.32 Å². The van der Waals surface area contributed by atoms with Gasteiger partial charge in [-0.15, -0.1) is 0 Å². The Kier molecular flexibility index (Phi) is 18.9. The first-order valence-corrected chi connectivity index (χ1v) is 23.3. The lowest BCUT2D eigenvalue weighted by atomic mass is 9.97. The van der Waals surface area contributed by atoms with Gasteiger partial charge in [-0.1, -0.05) is 182 Å². The summed E-state index contributed by atoms with van der Waals surface area (Å²) in [5, 5.41) is 2.71. The lowest BCUT2D eigenvalue weighted by Crippen LogP contribution is -2.61. The number of alkyl carbamates (subject to hydrolysis) is 1. The second-order valence-corrected chi connectivity index (χ2v) is 17.0. The molecule has 1 N–H and O–H groups in total. The summed E-state index contributed by atoms with van der Waals surface area (Å²) >= 11 is 0. The molecule has 7 rings (SSSR count). The second-order valence-electron chi connectivity index (χ2n) is 15.3. The van der Waals surface area contributed by atoms with Crippen molar-refractivity contribution in [2.45, 2.75) is 76.8 Å². The van der Waals surface area contributed by atoms with E-state index in [0.717, 1.165) is 33.4 Å². The van der Waals surface area contributed by atoms with Crippen molar-refractivity contribution in [2.75, 3.05) is 19.8 Å². The second kappa shape index (κ2) is 25.8. The zero-order valence-electron chi connectivity index (χ0n) is 36.2. The van der Waals surface area contributed by atoms with E-state index in [2.05, 4.69) is 5.32 Å². The van der Waals surface area contributed by atoms with Crippen molar-refractivity contribution in [3.05, 3.63) is 215 Å². The molecular formula is C52H56NO11P. The van der Waals surface area contributed by atoms with E-state index in [0.29, 0.717) is 0 Å². The fraction of sp³-hybridized carbons (Fsp3) is 0.288. The fourth-order valence-corrected chi connectivity index (χ4v) is 8.20. The van der Waals surface area contributed by atoms with E-state index in [1.807, 2.05) is 182 Å². The van der Waals surface area contributed by atoms with Crippen molar-refractivity contribution in [3.63, 3.8) is 0 Å². The predicted molar refractivity (Wildman–Crippen MR) is 245 cm³/mol. The minimum atomic E-state index is -4.30. The van der Waals surface area contributed by atoms with Gasteiger partial charge in [0.05, 0.1) is 46.2 Å². The molecule has 1 amide bonds. The van der Waals surface area contributed by atoms with Crippen LogP contribution in [0.15, 0.2) is 182 Å². The molecule has 1 unspecified atom stereocenters. The van der Waals surface area contributed by atoms with E-state index in [-0.39, 0.29) is 65.8 Å². The van der Waals surface area contributed by atoms with Gasteiger partial charge in [0.2, 0.25) is 0 Å². The van der Waals surface area contributed by atoms with Crippen LogP contribution in [0.1, 0.15) is 39.8 Å². The number of ether oxygens (including phenoxy) is 6. The topological polar surface area (TPSA) is 129 Å². The van der Waals surface area contributed by atoms with Crippen LogP contribution in [0.4, 0.5) is 4.79 Å². The molecule has 0 aliphatic carbocycles. The number of phosphoric acid groups is 1. The summed E-state index contributed by atoms with van der Waals surface area (Å²) < 4.78 is 71.8. The summed E-state index contributed by atoms with van der Waals surface area (Å²) in [6, 6.07) is 58.0. The first-order chi connectivity index (χ1) is 32.0. The van der Waals surface area contributed by atoms with E-state index in [1.165, 1.54) is 0 Å². The molecule has 1 heterocycles. The van der Waals surface area contributed by atoms with Crippen molar-refractivity contribution in [3.8, 4) is 0 Å². The van der Waals surface area contributed by atoms with Gasteiger partial charge < -0.3 is 33.7 Å². The molecular weight excluding hydrogens is 846 g/mol. The van der Waals surface area contributed by atoms with Gasteiger partial charge in [-0.3, -0.25) is 13.6 Å². The number of nitrogens with one attached hydrogen (secondary N) is 1. The quantitative estimate of drug-likeness (QED) is 0.0435. The summed E-state index contributed by atoms with van der Waals surface area (Å²) in [5.41, 5.74) is 5.40. The summed E-state index contributed by atoms with van der Waals surface area (Å²) in [6.07, 6.45) is -4.59. The van der Waals surface area contributed by atoms with Crippen LogP contribution in [0, 0.1) is 0 Å². The first kappa shape index (κ1) is 47.5. The molecule has 65 heavy (non-hydrogen) atoms. The molecule has 340 valence electrons. The monoisotopic (exact) mass is 901 g/mol. The van der Waals surface area contributed by atoms with Crippen LogP contribution in [0.25, 0.3) is 0 Å². The summed E-state index contributed by atoms with van der Waals surface area (Å²) in [6.45, 7) is 0.807. The van der Waals surface area contributed by atoms with Crippen molar-refractivity contribution in [2.24, 2.45) is 0 Å². The Balaban J connectivity index is 1.12. The van der Waals surface area contributed by atoms with Crippen molar-refractivity contribution >= 4 is 13.9 Å². The molecule has 1 aliphatic rings. The average Bonchev–Trinajstić information content (AvgIpc) is 3.36. The van der Waals surface area contributed by atoms with Crippen molar-refractivity contribution in [1.82, 2.24) is 5.32 Å². The Morgan fingerprint density at radius 1 is 0.462 bits per heavy atom. The summed E-state index contributed by atoms with van der Waals surface area (Å²) in [5.74, 6) is 0. The molecule has 1 aliphatic heterocycles. The molecule has 12 nitrogen and oxygen atoms in total. The number of carbonyl (C=O) groups excluding carboxylic acids is 1. The molecule has 1 fully saturated rings. The SMILES string of the molecule is O=C(NCCCOP(=O)(OCc1ccccc1)OC[C@H]1O[C@H](OCc2ccccc2)[C@H](OCc2ccccc2)[C@@H](OCc2ccccc2)[C@@H]1OCc1ccccc1)OCc1ccccc1. The van der Waals surface area contributed by atoms with Crippen LogP contribution in [-0.2, 0) is 86.2 Å². The van der Waals surface area contributed by atoms with Crippen LogP contribution in [0.3, 0.4) is 0 Å². The molecule has 0 saturated carbocycles. The van der Waals surface area contributed by atoms with Gasteiger partial charge in [-0.2, -0.15) is 0 Å². The Labute approximate surface area is 381 Å². The molecule has 6 aromatic rings. The highest BCUT2D eigenvalue weighted by Crippen LogP contribution is 2.51. The van der Waals surface area contributed by atoms with Gasteiger partial charge in [0.25, 0.3) is 0 Å². The smallest absolute Gasteiger partial charge is 0.445 e. The first-order valence-electron chi connectivity index (χ1n) is 21.8. The van der Waals surface area contributed by atoms with Gasteiger partial charge in [-0.05, 0) is 39.8 Å². The Hall–Kier alpha value is -5.50. The number of phosphoric ester groups is 1. The fourth-order valence-electron chi connectivity index (χ4n) is 6.98. The molecule has 0 aromatic heterocycles. The highest BCUT2D eigenvalue weighted by molar-refractivity contribution is 7.48. The van der Waals surface area contributed by atoms with E-state index >= 15 is 0 Å². The van der Waals surface area contributed by atoms with Gasteiger partial charge in [0, 0.05) is 6.54 Å². The molecule has 0 radical (unpaired) electrons. The van der Waals surface area contributed by atoms with Gasteiger partial charge in [0.15, 0.2) is 6.29 Å². The maximum absolute atomic E-state index is 14.6. The third-order valence-corrected chi connectivity index (χ3v) is 11.8. The van der Waals surface area contributed by atoms with E-state index in [1.54, 1.807) is 0 Å². The van der Waals surface area contributed by atoms with Gasteiger partial charge >= 0.3 is 13.9 Å². The number of hydrogen-bond acceptors (Lipinski definition) is 11. The van der Waals surface area contributed by atoms with Crippen molar-refractivity contribution < 1.29 is 51.4 Å². The highest BCUT2D eigenvalue weighted by Gasteiger charge is 2.50. The Morgan fingerprint density at radius 2 is 0.862 bits per heavy atom. The minimum Gasteiger partial charge on any atom is -0.445 e. The minimum absolute atomic E-state index is 0.0529. The molecule has 0 spiro atoms. The normalized spacial score (nSPS) is 19.2. The Morgan fingerprint density at radius 3 is 1.34 bits per heavy atom. The standard InChI is InChI=1S/C52H56NO11P/c54-52(60-38-45-28-15-5-16-29-45)53-32-19-33-61-65(55,62-39-46-30-17-6-18-31-46)63-40-47-48(56-34-41-20-7-1-8-21-41)49(57-35-42-22-9-2-10-23-42)50(58-36-43-24-11-3-12-25-43)51(64-47)59-37-44-26-13-4-14-27-44/h1-18,20-31,47-51H,19,32-40H2,(H,53,54)/t47-,48-,49+,50-,51+,65?/m1/s1.